The fraction of sp³-hybridized carbons (Fsp3) is 0.261. The number of aromatic nitrogens is 3. The van der Waals surface area contributed by atoms with Crippen LogP contribution in [0.15, 0.2) is 58.4 Å². The molecule has 1 aromatic carbocycles. The fourth-order valence-electron chi connectivity index (χ4n) is 3.78. The summed E-state index contributed by atoms with van der Waals surface area (Å²) in [4.78, 5) is 30.3. The third-order valence-corrected chi connectivity index (χ3v) is 5.39. The molecule has 1 aliphatic heterocycles. The highest BCUT2D eigenvalue weighted by Crippen LogP contribution is 2.30. The van der Waals surface area contributed by atoms with E-state index >= 15 is 0 Å². The highest BCUT2D eigenvalue weighted by Gasteiger charge is 2.13. The largest absolute Gasteiger partial charge is 0.490 e. The van der Waals surface area contributed by atoms with Gasteiger partial charge in [0.1, 0.15) is 0 Å². The van der Waals surface area contributed by atoms with Crippen LogP contribution in [-0.4, -0.2) is 27.3 Å². The van der Waals surface area contributed by atoms with Gasteiger partial charge >= 0.3 is 0 Å². The van der Waals surface area contributed by atoms with E-state index in [1.165, 1.54) is 0 Å². The molecule has 0 unspecified atom stereocenters. The molecule has 0 bridgehead atoms. The Hall–Kier alpha value is -3.61. The molecule has 0 atom stereocenters. The van der Waals surface area contributed by atoms with Crippen LogP contribution in [0, 0.1) is 0 Å². The second-order valence-corrected chi connectivity index (χ2v) is 7.34. The summed E-state index contributed by atoms with van der Waals surface area (Å²) < 4.78 is 14.7. The molecule has 1 aliphatic rings. The van der Waals surface area contributed by atoms with Crippen molar-refractivity contribution in [3.63, 3.8) is 0 Å². The van der Waals surface area contributed by atoms with Crippen molar-refractivity contribution in [2.24, 2.45) is 0 Å². The van der Waals surface area contributed by atoms with Crippen LogP contribution in [0.1, 0.15) is 18.9 Å². The first-order valence-corrected chi connectivity index (χ1v) is 10.1. The number of ether oxygens (including phenoxy) is 2. The quantitative estimate of drug-likeness (QED) is 0.492. The first kappa shape index (κ1) is 18.4. The topological polar surface area (TPSA) is 75.3 Å². The van der Waals surface area contributed by atoms with Crippen LogP contribution >= 0.6 is 0 Å². The lowest BCUT2D eigenvalue weighted by Crippen LogP contribution is -2.22. The zero-order valence-corrected chi connectivity index (χ0v) is 16.6. The lowest BCUT2D eigenvalue weighted by Gasteiger charge is -2.11. The fourth-order valence-corrected chi connectivity index (χ4v) is 3.78. The minimum Gasteiger partial charge on any atom is -0.490 e. The van der Waals surface area contributed by atoms with E-state index in [0.717, 1.165) is 17.7 Å². The summed E-state index contributed by atoms with van der Waals surface area (Å²) >= 11 is 0. The molecule has 0 saturated heterocycles. The second kappa shape index (κ2) is 7.33. The minimum absolute atomic E-state index is 0.137. The predicted molar refractivity (Wildman–Crippen MR) is 115 cm³/mol. The van der Waals surface area contributed by atoms with E-state index < -0.39 is 0 Å². The number of fused-ring (bicyclic) bond motifs is 3. The number of rotatable bonds is 3. The smallest absolute Gasteiger partial charge is 0.260 e. The summed E-state index contributed by atoms with van der Waals surface area (Å²) in [6.07, 6.45) is 4.31. The minimum atomic E-state index is -0.180. The van der Waals surface area contributed by atoms with Gasteiger partial charge in [0.05, 0.1) is 41.6 Å². The molecule has 152 valence electrons. The SMILES string of the molecule is CCn1ccc2nc3ccn(Cc4ccc5c(c4)OCCCO5)c(=O)c3cc2c1=O. The van der Waals surface area contributed by atoms with Crippen molar-refractivity contribution in [3.05, 3.63) is 75.1 Å². The number of hydrogen-bond donors (Lipinski definition) is 0. The van der Waals surface area contributed by atoms with Gasteiger partial charge in [-0.2, -0.15) is 0 Å². The van der Waals surface area contributed by atoms with E-state index in [1.54, 1.807) is 27.6 Å². The van der Waals surface area contributed by atoms with Gasteiger partial charge in [0, 0.05) is 25.4 Å². The normalized spacial score (nSPS) is 13.5. The van der Waals surface area contributed by atoms with E-state index in [9.17, 15) is 9.59 Å². The Labute approximate surface area is 172 Å². The van der Waals surface area contributed by atoms with Gasteiger partial charge in [-0.1, -0.05) is 6.07 Å². The Kier molecular flexibility index (Phi) is 4.50. The lowest BCUT2D eigenvalue weighted by atomic mass is 10.1. The molecular formula is C23H21N3O4. The van der Waals surface area contributed by atoms with Crippen LogP contribution in [0.25, 0.3) is 21.8 Å². The van der Waals surface area contributed by atoms with Crippen LogP contribution < -0.4 is 20.6 Å². The van der Waals surface area contributed by atoms with Crippen molar-refractivity contribution in [1.29, 1.82) is 0 Å². The Morgan fingerprint density at radius 2 is 1.53 bits per heavy atom. The van der Waals surface area contributed by atoms with Crippen molar-refractivity contribution in [2.75, 3.05) is 13.2 Å². The summed E-state index contributed by atoms with van der Waals surface area (Å²) in [6, 6.07) is 11.0. The van der Waals surface area contributed by atoms with E-state index in [4.69, 9.17) is 9.47 Å². The van der Waals surface area contributed by atoms with E-state index in [2.05, 4.69) is 4.98 Å². The van der Waals surface area contributed by atoms with Gasteiger partial charge in [0.2, 0.25) is 0 Å². The molecular weight excluding hydrogens is 382 g/mol. The molecule has 0 fully saturated rings. The summed E-state index contributed by atoms with van der Waals surface area (Å²) in [7, 11) is 0. The van der Waals surface area contributed by atoms with E-state index in [-0.39, 0.29) is 11.1 Å². The molecule has 0 spiro atoms. The van der Waals surface area contributed by atoms with Gasteiger partial charge in [0.15, 0.2) is 11.5 Å². The molecule has 0 amide bonds. The number of benzene rings is 1. The molecule has 3 aromatic heterocycles. The second-order valence-electron chi connectivity index (χ2n) is 7.34. The lowest BCUT2D eigenvalue weighted by molar-refractivity contribution is 0.297. The third kappa shape index (κ3) is 3.12. The van der Waals surface area contributed by atoms with Crippen LogP contribution in [0.3, 0.4) is 0 Å². The van der Waals surface area contributed by atoms with Crippen LogP contribution in [-0.2, 0) is 13.1 Å². The molecule has 0 saturated carbocycles. The van der Waals surface area contributed by atoms with Crippen molar-refractivity contribution in [1.82, 2.24) is 14.1 Å². The predicted octanol–water partition coefficient (Wildman–Crippen LogP) is 2.94. The van der Waals surface area contributed by atoms with Gasteiger partial charge in [-0.3, -0.25) is 9.59 Å². The van der Waals surface area contributed by atoms with Crippen LogP contribution in [0.2, 0.25) is 0 Å². The Bertz CT molecular complexity index is 1390. The van der Waals surface area contributed by atoms with Gasteiger partial charge < -0.3 is 18.6 Å². The third-order valence-electron chi connectivity index (χ3n) is 5.39. The van der Waals surface area contributed by atoms with Crippen molar-refractivity contribution >= 4 is 21.8 Å². The highest BCUT2D eigenvalue weighted by molar-refractivity contribution is 5.91. The van der Waals surface area contributed by atoms with E-state index in [1.807, 2.05) is 37.3 Å². The molecule has 7 heteroatoms. The van der Waals surface area contributed by atoms with Crippen molar-refractivity contribution in [2.45, 2.75) is 26.4 Å². The first-order valence-electron chi connectivity index (χ1n) is 10.1. The molecule has 7 nitrogen and oxygen atoms in total. The van der Waals surface area contributed by atoms with Crippen LogP contribution in [0.4, 0.5) is 0 Å². The summed E-state index contributed by atoms with van der Waals surface area (Å²) in [5.41, 5.74) is 1.79. The molecule has 4 aromatic rings. The average Bonchev–Trinajstić information content (AvgIpc) is 3.00. The zero-order chi connectivity index (χ0) is 20.7. The van der Waals surface area contributed by atoms with Crippen molar-refractivity contribution < 1.29 is 9.47 Å². The molecule has 4 heterocycles. The zero-order valence-electron chi connectivity index (χ0n) is 16.6. The van der Waals surface area contributed by atoms with Gasteiger partial charge in [-0.25, -0.2) is 4.98 Å². The maximum Gasteiger partial charge on any atom is 0.260 e. The molecule has 0 N–H and O–H groups in total. The number of hydrogen-bond acceptors (Lipinski definition) is 5. The first-order chi connectivity index (χ1) is 14.6. The Morgan fingerprint density at radius 1 is 0.867 bits per heavy atom. The Balaban J connectivity index is 1.58. The highest BCUT2D eigenvalue weighted by atomic mass is 16.5. The van der Waals surface area contributed by atoms with E-state index in [0.29, 0.717) is 53.9 Å². The van der Waals surface area contributed by atoms with Gasteiger partial charge in [-0.05, 0) is 42.8 Å². The monoisotopic (exact) mass is 403 g/mol. The summed E-state index contributed by atoms with van der Waals surface area (Å²) in [5, 5.41) is 0.891. The van der Waals surface area contributed by atoms with Crippen LogP contribution in [0.5, 0.6) is 11.5 Å². The number of aryl methyl sites for hydroxylation is 1. The van der Waals surface area contributed by atoms with Crippen molar-refractivity contribution in [3.8, 4) is 11.5 Å². The maximum absolute atomic E-state index is 13.1. The molecule has 0 radical (unpaired) electrons. The standard InChI is InChI=1S/C23H21N3O4/c1-2-25-8-6-18-16(22(25)27)13-17-19(24-18)7-9-26(23(17)28)14-15-4-5-20-21(12-15)30-11-3-10-29-20/h4-9,12-13H,2-3,10-11,14H2,1H3. The maximum atomic E-state index is 13.1. The molecule has 0 aliphatic carbocycles. The summed E-state index contributed by atoms with van der Waals surface area (Å²) in [5.74, 6) is 1.43. The Morgan fingerprint density at radius 3 is 2.27 bits per heavy atom. The van der Waals surface area contributed by atoms with Gasteiger partial charge in [-0.15, -0.1) is 0 Å². The number of pyridine rings is 3. The molecule has 5 rings (SSSR count). The van der Waals surface area contributed by atoms with Gasteiger partial charge in [0.25, 0.3) is 11.1 Å². The molecule has 30 heavy (non-hydrogen) atoms. The number of nitrogens with zero attached hydrogens (tertiary/aromatic N) is 3. The average molecular weight is 403 g/mol. The summed E-state index contributed by atoms with van der Waals surface area (Å²) in [6.45, 7) is 4.11.